The molecule has 0 aliphatic heterocycles. The number of alkyl halides is 1. The number of hydrogen-bond acceptors (Lipinski definition) is 2. The Bertz CT molecular complexity index is 509. The average Bonchev–Trinajstić information content (AvgIpc) is 2.58. The smallest absolute Gasteiger partial charge is 0.206 e. The fraction of sp³-hybridized carbons (Fsp3) is 0.100. The molecular formula is C10H5BrClF2NO. The summed E-state index contributed by atoms with van der Waals surface area (Å²) in [6, 6.07) is 3.13. The van der Waals surface area contributed by atoms with Crippen LogP contribution in [0.3, 0.4) is 0 Å². The second-order valence-electron chi connectivity index (χ2n) is 3.08. The molecule has 84 valence electrons. The Balaban J connectivity index is 2.58. The minimum absolute atomic E-state index is 0.136. The molecule has 0 aliphatic rings. The molecule has 0 saturated heterocycles. The SMILES string of the molecule is Fc1cc(F)cc(-c2noc(Br)c2CCl)c1. The fourth-order valence-corrected chi connectivity index (χ4v) is 2.13. The molecule has 16 heavy (non-hydrogen) atoms. The minimum atomic E-state index is -0.672. The molecule has 6 heteroatoms. The Kier molecular flexibility index (Phi) is 3.25. The van der Waals surface area contributed by atoms with Crippen molar-refractivity contribution in [2.45, 2.75) is 5.88 Å². The Morgan fingerprint density at radius 1 is 1.25 bits per heavy atom. The van der Waals surface area contributed by atoms with E-state index in [1.165, 1.54) is 12.1 Å². The zero-order chi connectivity index (χ0) is 11.7. The Morgan fingerprint density at radius 2 is 1.88 bits per heavy atom. The zero-order valence-corrected chi connectivity index (χ0v) is 10.1. The van der Waals surface area contributed by atoms with Gasteiger partial charge in [0.1, 0.15) is 17.3 Å². The van der Waals surface area contributed by atoms with Gasteiger partial charge in [0, 0.05) is 17.2 Å². The molecular weight excluding hydrogens is 303 g/mol. The average molecular weight is 309 g/mol. The van der Waals surface area contributed by atoms with E-state index in [4.69, 9.17) is 16.1 Å². The first-order valence-electron chi connectivity index (χ1n) is 4.28. The van der Waals surface area contributed by atoms with E-state index in [9.17, 15) is 8.78 Å². The lowest BCUT2D eigenvalue weighted by Gasteiger charge is -1.99. The first-order chi connectivity index (χ1) is 7.61. The standard InChI is InChI=1S/C10H5BrClF2NO/c11-10-8(4-12)9(15-16-10)5-1-6(13)3-7(14)2-5/h1-3H,4H2. The van der Waals surface area contributed by atoms with E-state index in [0.29, 0.717) is 21.5 Å². The summed E-state index contributed by atoms with van der Waals surface area (Å²) in [7, 11) is 0. The first kappa shape index (κ1) is 11.5. The van der Waals surface area contributed by atoms with E-state index >= 15 is 0 Å². The molecule has 2 nitrogen and oxygen atoms in total. The van der Waals surface area contributed by atoms with Gasteiger partial charge in [-0.1, -0.05) is 5.16 Å². The van der Waals surface area contributed by atoms with Crippen molar-refractivity contribution < 1.29 is 13.3 Å². The zero-order valence-electron chi connectivity index (χ0n) is 7.81. The predicted molar refractivity (Wildman–Crippen MR) is 59.1 cm³/mol. The van der Waals surface area contributed by atoms with Crippen molar-refractivity contribution in [2.24, 2.45) is 0 Å². The van der Waals surface area contributed by atoms with Crippen molar-refractivity contribution in [2.75, 3.05) is 0 Å². The summed E-state index contributed by atoms with van der Waals surface area (Å²) in [5, 5.41) is 3.70. The van der Waals surface area contributed by atoms with Crippen LogP contribution in [-0.4, -0.2) is 5.16 Å². The van der Waals surface area contributed by atoms with Crippen LogP contribution in [0.1, 0.15) is 5.56 Å². The number of halogens is 4. The van der Waals surface area contributed by atoms with Crippen molar-refractivity contribution in [3.63, 3.8) is 0 Å². The largest absolute Gasteiger partial charge is 0.348 e. The van der Waals surface area contributed by atoms with Crippen LogP contribution in [-0.2, 0) is 5.88 Å². The van der Waals surface area contributed by atoms with Crippen LogP contribution in [0.5, 0.6) is 0 Å². The van der Waals surface area contributed by atoms with Crippen LogP contribution in [0.15, 0.2) is 27.4 Å². The fourth-order valence-electron chi connectivity index (χ4n) is 1.32. The van der Waals surface area contributed by atoms with Crippen molar-refractivity contribution in [1.82, 2.24) is 5.16 Å². The van der Waals surface area contributed by atoms with Gasteiger partial charge in [0.2, 0.25) is 4.67 Å². The van der Waals surface area contributed by atoms with Gasteiger partial charge in [-0.05, 0) is 28.1 Å². The summed E-state index contributed by atoms with van der Waals surface area (Å²) in [5.74, 6) is -1.21. The van der Waals surface area contributed by atoms with E-state index in [2.05, 4.69) is 21.1 Å². The third-order valence-corrected chi connectivity index (χ3v) is 2.90. The lowest BCUT2D eigenvalue weighted by molar-refractivity contribution is 0.401. The molecule has 0 spiro atoms. The molecule has 0 radical (unpaired) electrons. The quantitative estimate of drug-likeness (QED) is 0.780. The van der Waals surface area contributed by atoms with Crippen LogP contribution in [0.2, 0.25) is 0 Å². The summed E-state index contributed by atoms with van der Waals surface area (Å²) in [5.41, 5.74) is 1.19. The molecule has 0 N–H and O–H groups in total. The first-order valence-corrected chi connectivity index (χ1v) is 5.61. The highest BCUT2D eigenvalue weighted by atomic mass is 79.9. The maximum Gasteiger partial charge on any atom is 0.206 e. The van der Waals surface area contributed by atoms with Gasteiger partial charge in [-0.15, -0.1) is 11.6 Å². The van der Waals surface area contributed by atoms with Gasteiger partial charge >= 0.3 is 0 Å². The Hall–Kier alpha value is -0.940. The third-order valence-electron chi connectivity index (χ3n) is 2.01. The summed E-state index contributed by atoms with van der Waals surface area (Å²) >= 11 is 8.80. The lowest BCUT2D eigenvalue weighted by Crippen LogP contribution is -1.87. The second kappa shape index (κ2) is 4.51. The maximum atomic E-state index is 13.0. The summed E-state index contributed by atoms with van der Waals surface area (Å²) < 4.78 is 31.2. The maximum absolute atomic E-state index is 13.0. The van der Waals surface area contributed by atoms with E-state index in [1.807, 2.05) is 0 Å². The van der Waals surface area contributed by atoms with E-state index in [0.717, 1.165) is 6.07 Å². The van der Waals surface area contributed by atoms with Gasteiger partial charge in [-0.2, -0.15) is 0 Å². The van der Waals surface area contributed by atoms with Gasteiger partial charge in [-0.25, -0.2) is 8.78 Å². The van der Waals surface area contributed by atoms with Crippen LogP contribution in [0.4, 0.5) is 8.78 Å². The monoisotopic (exact) mass is 307 g/mol. The number of hydrogen-bond donors (Lipinski definition) is 0. The summed E-state index contributed by atoms with van der Waals surface area (Å²) in [6.45, 7) is 0. The number of aromatic nitrogens is 1. The number of benzene rings is 1. The summed E-state index contributed by atoms with van der Waals surface area (Å²) in [6.07, 6.45) is 0. The molecule has 1 heterocycles. The molecule has 0 bridgehead atoms. The molecule has 0 unspecified atom stereocenters. The van der Waals surface area contributed by atoms with Gasteiger partial charge in [0.15, 0.2) is 0 Å². The molecule has 1 aromatic carbocycles. The van der Waals surface area contributed by atoms with Crippen LogP contribution in [0, 0.1) is 11.6 Å². The van der Waals surface area contributed by atoms with Gasteiger partial charge in [0.05, 0.1) is 5.88 Å². The molecule has 0 amide bonds. The topological polar surface area (TPSA) is 26.0 Å². The molecule has 0 aliphatic carbocycles. The Morgan fingerprint density at radius 3 is 2.44 bits per heavy atom. The molecule has 0 saturated carbocycles. The van der Waals surface area contributed by atoms with Crippen molar-refractivity contribution in [1.29, 1.82) is 0 Å². The second-order valence-corrected chi connectivity index (χ2v) is 4.06. The van der Waals surface area contributed by atoms with Gasteiger partial charge < -0.3 is 4.52 Å². The molecule has 0 fully saturated rings. The molecule has 2 aromatic rings. The van der Waals surface area contributed by atoms with E-state index in [-0.39, 0.29) is 5.88 Å². The Labute approximate surface area is 103 Å². The summed E-state index contributed by atoms with van der Waals surface area (Å²) in [4.78, 5) is 0. The number of nitrogens with zero attached hydrogens (tertiary/aromatic N) is 1. The highest BCUT2D eigenvalue weighted by molar-refractivity contribution is 9.10. The van der Waals surface area contributed by atoms with Crippen LogP contribution >= 0.6 is 27.5 Å². The van der Waals surface area contributed by atoms with Crippen molar-refractivity contribution in [3.05, 3.63) is 40.1 Å². The molecule has 1 aromatic heterocycles. The normalized spacial score (nSPS) is 10.8. The van der Waals surface area contributed by atoms with Gasteiger partial charge in [0.25, 0.3) is 0 Å². The van der Waals surface area contributed by atoms with Crippen molar-refractivity contribution >= 4 is 27.5 Å². The lowest BCUT2D eigenvalue weighted by atomic mass is 10.1. The highest BCUT2D eigenvalue weighted by Gasteiger charge is 2.16. The van der Waals surface area contributed by atoms with Crippen LogP contribution < -0.4 is 0 Å². The molecule has 0 atom stereocenters. The van der Waals surface area contributed by atoms with E-state index < -0.39 is 11.6 Å². The van der Waals surface area contributed by atoms with Gasteiger partial charge in [-0.3, -0.25) is 0 Å². The van der Waals surface area contributed by atoms with Crippen molar-refractivity contribution in [3.8, 4) is 11.3 Å². The molecule has 2 rings (SSSR count). The highest BCUT2D eigenvalue weighted by Crippen LogP contribution is 2.30. The van der Waals surface area contributed by atoms with E-state index in [1.54, 1.807) is 0 Å². The minimum Gasteiger partial charge on any atom is -0.348 e. The third kappa shape index (κ3) is 2.10. The predicted octanol–water partition coefficient (Wildman–Crippen LogP) is 4.12. The number of rotatable bonds is 2. The van der Waals surface area contributed by atoms with Crippen LogP contribution in [0.25, 0.3) is 11.3 Å².